The zero-order valence-electron chi connectivity index (χ0n) is 21.8. The molecule has 10 heteroatoms. The highest BCUT2D eigenvalue weighted by molar-refractivity contribution is 7.92. The minimum Gasteiger partial charge on any atom is -0.490 e. The lowest BCUT2D eigenvalue weighted by Crippen LogP contribution is -2.33. The molecule has 0 bridgehead atoms. The number of benzene rings is 3. The molecule has 4 rings (SSSR count). The molecule has 0 spiro atoms. The summed E-state index contributed by atoms with van der Waals surface area (Å²) in [6.07, 6.45) is 3.86. The topological polar surface area (TPSA) is 119 Å². The molecule has 1 N–H and O–H groups in total. The molecule has 0 saturated carbocycles. The molecule has 0 aliphatic carbocycles. The van der Waals surface area contributed by atoms with Gasteiger partial charge in [-0.25, -0.2) is 13.2 Å². The van der Waals surface area contributed by atoms with Crippen molar-refractivity contribution in [2.45, 2.75) is 25.2 Å². The van der Waals surface area contributed by atoms with Gasteiger partial charge in [-0.05, 0) is 48.7 Å². The lowest BCUT2D eigenvalue weighted by molar-refractivity contribution is 0.0583. The predicted molar refractivity (Wildman–Crippen MR) is 146 cm³/mol. The van der Waals surface area contributed by atoms with Crippen LogP contribution in [0.3, 0.4) is 0 Å². The maximum atomic E-state index is 13.4. The van der Waals surface area contributed by atoms with Crippen molar-refractivity contribution in [3.8, 4) is 5.75 Å². The van der Waals surface area contributed by atoms with Gasteiger partial charge in [0.15, 0.2) is 0 Å². The highest BCUT2D eigenvalue weighted by Gasteiger charge is 2.35. The van der Waals surface area contributed by atoms with Crippen LogP contribution in [-0.2, 0) is 21.2 Å². The van der Waals surface area contributed by atoms with E-state index < -0.39 is 27.8 Å². The predicted octanol–water partition coefficient (Wildman–Crippen LogP) is 4.54. The van der Waals surface area contributed by atoms with E-state index in [0.29, 0.717) is 28.7 Å². The Morgan fingerprint density at radius 1 is 0.974 bits per heavy atom. The average molecular weight is 549 g/mol. The SMILES string of the molecule is C/C=C/c1ccccc1S(=O)(=O)Nc1ccc(CC)c(OCCN2C(=O)c3ccccc3C2=O)c1C(=O)OC. The number of hydrogen-bond acceptors (Lipinski definition) is 7. The molecular weight excluding hydrogens is 520 g/mol. The maximum Gasteiger partial charge on any atom is 0.343 e. The third-order valence-electron chi connectivity index (χ3n) is 6.25. The number of aryl methyl sites for hydroxylation is 1. The summed E-state index contributed by atoms with van der Waals surface area (Å²) in [5.74, 6) is -1.54. The second kappa shape index (κ2) is 11.5. The Balaban J connectivity index is 1.65. The fourth-order valence-corrected chi connectivity index (χ4v) is 5.66. The zero-order chi connectivity index (χ0) is 28.2. The van der Waals surface area contributed by atoms with Gasteiger partial charge in [0, 0.05) is 0 Å². The van der Waals surface area contributed by atoms with E-state index in [9.17, 15) is 22.8 Å². The third kappa shape index (κ3) is 5.42. The van der Waals surface area contributed by atoms with Gasteiger partial charge in [-0.3, -0.25) is 19.2 Å². The largest absolute Gasteiger partial charge is 0.490 e. The van der Waals surface area contributed by atoms with Crippen molar-refractivity contribution in [2.75, 3.05) is 25.0 Å². The van der Waals surface area contributed by atoms with Crippen LogP contribution in [0.2, 0.25) is 0 Å². The number of hydrogen-bond donors (Lipinski definition) is 1. The zero-order valence-corrected chi connectivity index (χ0v) is 22.6. The molecule has 3 aromatic rings. The van der Waals surface area contributed by atoms with Crippen LogP contribution in [0.1, 0.15) is 56.0 Å². The van der Waals surface area contributed by atoms with Crippen LogP contribution in [0.15, 0.2) is 71.6 Å². The van der Waals surface area contributed by atoms with E-state index in [1.807, 2.05) is 6.92 Å². The highest BCUT2D eigenvalue weighted by atomic mass is 32.2. The fourth-order valence-electron chi connectivity index (χ4n) is 4.38. The molecule has 1 heterocycles. The Hall–Kier alpha value is -4.44. The first-order valence-corrected chi connectivity index (χ1v) is 13.8. The quantitative estimate of drug-likeness (QED) is 0.292. The van der Waals surface area contributed by atoms with Gasteiger partial charge in [-0.2, -0.15) is 0 Å². The molecular formula is C29H28N2O7S. The molecule has 1 aliphatic rings. The number of carbonyl (C=O) groups is 3. The molecule has 39 heavy (non-hydrogen) atoms. The summed E-state index contributed by atoms with van der Waals surface area (Å²) in [5, 5.41) is 0. The lowest BCUT2D eigenvalue weighted by atomic mass is 10.0. The van der Waals surface area contributed by atoms with Gasteiger partial charge < -0.3 is 9.47 Å². The van der Waals surface area contributed by atoms with Gasteiger partial charge in [-0.1, -0.05) is 55.5 Å². The number of allylic oxidation sites excluding steroid dienone is 1. The first-order valence-electron chi connectivity index (χ1n) is 12.3. The summed E-state index contributed by atoms with van der Waals surface area (Å²) in [4.78, 5) is 39.5. The Labute approximate surface area is 227 Å². The monoisotopic (exact) mass is 548 g/mol. The summed E-state index contributed by atoms with van der Waals surface area (Å²) in [6, 6.07) is 16.2. The van der Waals surface area contributed by atoms with Crippen molar-refractivity contribution in [2.24, 2.45) is 0 Å². The minimum atomic E-state index is -4.11. The molecule has 2 amide bonds. The van der Waals surface area contributed by atoms with Crippen LogP contribution in [0.5, 0.6) is 5.75 Å². The summed E-state index contributed by atoms with van der Waals surface area (Å²) in [5.41, 5.74) is 1.62. The van der Waals surface area contributed by atoms with Gasteiger partial charge in [0.25, 0.3) is 21.8 Å². The number of anilines is 1. The number of esters is 1. The number of nitrogens with one attached hydrogen (secondary N) is 1. The van der Waals surface area contributed by atoms with Gasteiger partial charge >= 0.3 is 5.97 Å². The number of carbonyl (C=O) groups excluding carboxylic acids is 3. The third-order valence-corrected chi connectivity index (χ3v) is 7.69. The minimum absolute atomic E-state index is 0.0231. The van der Waals surface area contributed by atoms with Crippen LogP contribution in [0.25, 0.3) is 6.08 Å². The van der Waals surface area contributed by atoms with E-state index in [4.69, 9.17) is 9.47 Å². The van der Waals surface area contributed by atoms with E-state index in [-0.39, 0.29) is 35.0 Å². The summed E-state index contributed by atoms with van der Waals surface area (Å²) >= 11 is 0. The van der Waals surface area contributed by atoms with E-state index >= 15 is 0 Å². The summed E-state index contributed by atoms with van der Waals surface area (Å²) in [7, 11) is -2.92. The van der Waals surface area contributed by atoms with Crippen molar-refractivity contribution < 1.29 is 32.3 Å². The molecule has 0 radical (unpaired) electrons. The second-order valence-corrected chi connectivity index (χ2v) is 10.3. The maximum absolute atomic E-state index is 13.4. The number of amides is 2. The normalized spacial score (nSPS) is 13.1. The van der Waals surface area contributed by atoms with Gasteiger partial charge in [0.2, 0.25) is 0 Å². The fraction of sp³-hybridized carbons (Fsp3) is 0.207. The smallest absolute Gasteiger partial charge is 0.343 e. The van der Waals surface area contributed by atoms with Crippen LogP contribution in [0.4, 0.5) is 5.69 Å². The summed E-state index contributed by atoms with van der Waals surface area (Å²) < 4.78 is 40.2. The van der Waals surface area contributed by atoms with Gasteiger partial charge in [0.1, 0.15) is 17.9 Å². The van der Waals surface area contributed by atoms with Crippen LogP contribution in [0, 0.1) is 0 Å². The molecule has 0 atom stereocenters. The first kappa shape index (κ1) is 27.6. The van der Waals surface area contributed by atoms with Gasteiger partial charge in [0.05, 0.1) is 35.4 Å². The van der Waals surface area contributed by atoms with E-state index in [1.54, 1.807) is 67.6 Å². The Morgan fingerprint density at radius 3 is 2.23 bits per heavy atom. The van der Waals surface area contributed by atoms with Crippen molar-refractivity contribution in [1.29, 1.82) is 0 Å². The molecule has 0 saturated heterocycles. The Morgan fingerprint density at radius 2 is 1.62 bits per heavy atom. The van der Waals surface area contributed by atoms with Crippen LogP contribution >= 0.6 is 0 Å². The molecule has 202 valence electrons. The van der Waals surface area contributed by atoms with Gasteiger partial charge in [-0.15, -0.1) is 0 Å². The van der Waals surface area contributed by atoms with Crippen molar-refractivity contribution in [1.82, 2.24) is 4.90 Å². The highest BCUT2D eigenvalue weighted by Crippen LogP contribution is 2.34. The number of rotatable bonds is 10. The van der Waals surface area contributed by atoms with Crippen molar-refractivity contribution >= 4 is 39.6 Å². The lowest BCUT2D eigenvalue weighted by Gasteiger charge is -2.20. The number of sulfonamides is 1. The first-order chi connectivity index (χ1) is 18.7. The number of methoxy groups -OCH3 is 1. The van der Waals surface area contributed by atoms with E-state index in [2.05, 4.69) is 4.72 Å². The molecule has 0 unspecified atom stereocenters. The molecule has 0 aromatic heterocycles. The van der Waals surface area contributed by atoms with E-state index in [0.717, 1.165) is 4.90 Å². The molecule has 3 aromatic carbocycles. The average Bonchev–Trinajstić information content (AvgIpc) is 3.18. The standard InChI is InChI=1S/C29H28N2O7S/c1-4-10-20-11-6-9-14-24(20)39(35,36)30-23-16-15-19(5-2)26(25(23)29(34)37-3)38-18-17-31-27(32)21-12-7-8-13-22(21)28(31)33/h4,6-16,30H,5,17-18H2,1-3H3/b10-4+. The molecule has 0 fully saturated rings. The number of fused-ring (bicyclic) bond motifs is 1. The van der Waals surface area contributed by atoms with Crippen LogP contribution < -0.4 is 9.46 Å². The van der Waals surface area contributed by atoms with Crippen LogP contribution in [-0.4, -0.2) is 51.4 Å². The molecule has 1 aliphatic heterocycles. The Bertz CT molecular complexity index is 1540. The number of ether oxygens (including phenoxy) is 2. The second-order valence-electron chi connectivity index (χ2n) is 8.62. The van der Waals surface area contributed by atoms with Crippen molar-refractivity contribution in [3.05, 3.63) is 94.6 Å². The number of imide groups is 1. The van der Waals surface area contributed by atoms with E-state index in [1.165, 1.54) is 19.2 Å². The summed E-state index contributed by atoms with van der Waals surface area (Å²) in [6.45, 7) is 3.44. The van der Waals surface area contributed by atoms with Crippen molar-refractivity contribution in [3.63, 3.8) is 0 Å². The Kier molecular flexibility index (Phi) is 8.15. The molecule has 9 nitrogen and oxygen atoms in total. The number of nitrogens with zero attached hydrogens (tertiary/aromatic N) is 1.